The number of thioether (sulfide) groups is 1. The maximum Gasteiger partial charge on any atom is 0.222 e. The minimum Gasteiger partial charge on any atom is -0.343 e. The quantitative estimate of drug-likeness (QED) is 0.627. The second-order valence-electron chi connectivity index (χ2n) is 4.14. The molecule has 0 radical (unpaired) electrons. The molecule has 1 heterocycles. The Morgan fingerprint density at radius 1 is 1.38 bits per heavy atom. The Hall–Kier alpha value is -0.220. The minimum atomic E-state index is 0.347. The molecule has 1 amide bonds. The van der Waals surface area contributed by atoms with Gasteiger partial charge >= 0.3 is 0 Å². The summed E-state index contributed by atoms with van der Waals surface area (Å²) in [7, 11) is 0. The van der Waals surface area contributed by atoms with Crippen LogP contribution in [0, 0.1) is 0 Å². The fourth-order valence-electron chi connectivity index (χ4n) is 1.90. The van der Waals surface area contributed by atoms with Gasteiger partial charge in [-0.05, 0) is 43.9 Å². The first-order chi connectivity index (χ1) is 7.84. The summed E-state index contributed by atoms with van der Waals surface area (Å²) in [5.74, 6) is 2.82. The van der Waals surface area contributed by atoms with Crippen molar-refractivity contribution in [1.82, 2.24) is 10.2 Å². The maximum atomic E-state index is 11.3. The highest BCUT2D eigenvalue weighted by molar-refractivity contribution is 7.99. The van der Waals surface area contributed by atoms with Crippen molar-refractivity contribution in [2.24, 2.45) is 0 Å². The van der Waals surface area contributed by atoms with Crippen LogP contribution in [0.1, 0.15) is 32.6 Å². The molecule has 1 fully saturated rings. The molecule has 1 aliphatic rings. The third kappa shape index (κ3) is 5.75. The normalized spacial score (nSPS) is 16.1. The Balaban J connectivity index is 1.83. The molecule has 1 saturated heterocycles. The van der Waals surface area contributed by atoms with Crippen molar-refractivity contribution in [1.29, 1.82) is 0 Å². The number of likely N-dealkylation sites (tertiary alicyclic amines) is 1. The van der Waals surface area contributed by atoms with Gasteiger partial charge in [-0.1, -0.05) is 6.92 Å². The van der Waals surface area contributed by atoms with E-state index in [0.29, 0.717) is 5.91 Å². The van der Waals surface area contributed by atoms with Crippen LogP contribution in [0.5, 0.6) is 0 Å². The molecule has 1 aliphatic heterocycles. The first-order valence-corrected chi connectivity index (χ1v) is 7.56. The lowest BCUT2D eigenvalue weighted by Crippen LogP contribution is -2.28. The molecular weight excluding hydrogens is 220 g/mol. The van der Waals surface area contributed by atoms with Crippen LogP contribution in [-0.4, -0.2) is 48.5 Å². The fourth-order valence-corrected chi connectivity index (χ4v) is 2.54. The molecule has 1 rings (SSSR count). The molecule has 16 heavy (non-hydrogen) atoms. The zero-order valence-electron chi connectivity index (χ0n) is 10.3. The van der Waals surface area contributed by atoms with E-state index in [1.54, 1.807) is 0 Å². The third-order valence-corrected chi connectivity index (χ3v) is 3.78. The van der Waals surface area contributed by atoms with Crippen LogP contribution in [0.25, 0.3) is 0 Å². The van der Waals surface area contributed by atoms with Crippen molar-refractivity contribution in [3.8, 4) is 0 Å². The molecule has 0 atom stereocenters. The molecule has 1 N–H and O–H groups in total. The molecule has 0 saturated carbocycles. The highest BCUT2D eigenvalue weighted by atomic mass is 32.2. The molecule has 0 aliphatic carbocycles. The average molecular weight is 244 g/mol. The molecule has 0 spiro atoms. The Kier molecular flexibility index (Phi) is 7.68. The van der Waals surface area contributed by atoms with E-state index in [9.17, 15) is 4.79 Å². The summed E-state index contributed by atoms with van der Waals surface area (Å²) in [6, 6.07) is 0. The van der Waals surface area contributed by atoms with Gasteiger partial charge in [0.05, 0.1) is 0 Å². The summed E-state index contributed by atoms with van der Waals surface area (Å²) in [6.45, 7) is 6.27. The van der Waals surface area contributed by atoms with E-state index in [-0.39, 0.29) is 0 Å². The van der Waals surface area contributed by atoms with Crippen molar-refractivity contribution < 1.29 is 4.79 Å². The second kappa shape index (κ2) is 8.88. The predicted molar refractivity (Wildman–Crippen MR) is 70.9 cm³/mol. The predicted octanol–water partition coefficient (Wildman–Crippen LogP) is 1.73. The van der Waals surface area contributed by atoms with Crippen LogP contribution in [-0.2, 0) is 4.79 Å². The number of rotatable bonds is 9. The van der Waals surface area contributed by atoms with Gasteiger partial charge in [0.2, 0.25) is 5.91 Å². The first kappa shape index (κ1) is 13.8. The van der Waals surface area contributed by atoms with Crippen LogP contribution < -0.4 is 5.32 Å². The summed E-state index contributed by atoms with van der Waals surface area (Å²) in [5, 5.41) is 3.43. The van der Waals surface area contributed by atoms with E-state index in [0.717, 1.165) is 45.4 Å². The lowest BCUT2D eigenvalue weighted by atomic mass is 10.3. The van der Waals surface area contributed by atoms with Gasteiger partial charge in [0.15, 0.2) is 0 Å². The average Bonchev–Trinajstić information content (AvgIpc) is 2.68. The van der Waals surface area contributed by atoms with Crippen molar-refractivity contribution in [3.63, 3.8) is 0 Å². The van der Waals surface area contributed by atoms with Gasteiger partial charge in [0, 0.05) is 19.5 Å². The van der Waals surface area contributed by atoms with E-state index < -0.39 is 0 Å². The zero-order valence-corrected chi connectivity index (χ0v) is 11.2. The van der Waals surface area contributed by atoms with E-state index in [1.807, 2.05) is 16.7 Å². The van der Waals surface area contributed by atoms with Crippen molar-refractivity contribution in [2.45, 2.75) is 32.6 Å². The monoisotopic (exact) mass is 244 g/mol. The highest BCUT2D eigenvalue weighted by Gasteiger charge is 2.18. The smallest absolute Gasteiger partial charge is 0.222 e. The lowest BCUT2D eigenvalue weighted by Gasteiger charge is -2.15. The number of carbonyl (C=O) groups is 1. The Bertz CT molecular complexity index is 199. The van der Waals surface area contributed by atoms with E-state index in [1.165, 1.54) is 17.9 Å². The largest absolute Gasteiger partial charge is 0.343 e. The van der Waals surface area contributed by atoms with Gasteiger partial charge < -0.3 is 10.2 Å². The van der Waals surface area contributed by atoms with Crippen LogP contribution >= 0.6 is 11.8 Å². The van der Waals surface area contributed by atoms with Crippen LogP contribution in [0.15, 0.2) is 0 Å². The van der Waals surface area contributed by atoms with E-state index >= 15 is 0 Å². The molecule has 94 valence electrons. The molecule has 0 bridgehead atoms. The SMILES string of the molecule is CCSCCCNCCCN1CCCC1=O. The molecular formula is C12H24N2OS. The lowest BCUT2D eigenvalue weighted by molar-refractivity contribution is -0.127. The van der Waals surface area contributed by atoms with Crippen molar-refractivity contribution >= 4 is 17.7 Å². The number of hydrogen-bond acceptors (Lipinski definition) is 3. The Morgan fingerprint density at radius 2 is 2.19 bits per heavy atom. The Labute approximate surface area is 103 Å². The highest BCUT2D eigenvalue weighted by Crippen LogP contribution is 2.09. The van der Waals surface area contributed by atoms with Gasteiger partial charge in [-0.25, -0.2) is 0 Å². The number of amides is 1. The summed E-state index contributed by atoms with van der Waals surface area (Å²) < 4.78 is 0. The molecule has 3 nitrogen and oxygen atoms in total. The molecule has 0 aromatic heterocycles. The number of carbonyl (C=O) groups excluding carboxylic acids is 1. The van der Waals surface area contributed by atoms with E-state index in [2.05, 4.69) is 12.2 Å². The van der Waals surface area contributed by atoms with Gasteiger partial charge in [-0.2, -0.15) is 11.8 Å². The summed E-state index contributed by atoms with van der Waals surface area (Å²) >= 11 is 2.00. The Morgan fingerprint density at radius 3 is 2.88 bits per heavy atom. The van der Waals surface area contributed by atoms with Gasteiger partial charge in [0.1, 0.15) is 0 Å². The standard InChI is InChI=1S/C12H24N2OS/c1-2-16-11-5-8-13-7-4-10-14-9-3-6-12(14)15/h13H,2-11H2,1H3. The molecule has 0 unspecified atom stereocenters. The van der Waals surface area contributed by atoms with Gasteiger partial charge in [0.25, 0.3) is 0 Å². The van der Waals surface area contributed by atoms with Crippen LogP contribution in [0.2, 0.25) is 0 Å². The second-order valence-corrected chi connectivity index (χ2v) is 5.53. The zero-order chi connectivity index (χ0) is 11.6. The van der Waals surface area contributed by atoms with Crippen molar-refractivity contribution in [3.05, 3.63) is 0 Å². The number of hydrogen-bond donors (Lipinski definition) is 1. The summed E-state index contributed by atoms with van der Waals surface area (Å²) in [4.78, 5) is 13.3. The van der Waals surface area contributed by atoms with Gasteiger partial charge in [-0.15, -0.1) is 0 Å². The summed E-state index contributed by atoms with van der Waals surface area (Å²) in [5.41, 5.74) is 0. The van der Waals surface area contributed by atoms with E-state index in [4.69, 9.17) is 0 Å². The number of nitrogens with zero attached hydrogens (tertiary/aromatic N) is 1. The van der Waals surface area contributed by atoms with Crippen LogP contribution in [0.3, 0.4) is 0 Å². The molecule has 4 heteroatoms. The first-order valence-electron chi connectivity index (χ1n) is 6.41. The fraction of sp³-hybridized carbons (Fsp3) is 0.917. The number of nitrogens with one attached hydrogen (secondary N) is 1. The van der Waals surface area contributed by atoms with Crippen LogP contribution in [0.4, 0.5) is 0 Å². The maximum absolute atomic E-state index is 11.3. The van der Waals surface area contributed by atoms with Gasteiger partial charge in [-0.3, -0.25) is 4.79 Å². The topological polar surface area (TPSA) is 32.3 Å². The van der Waals surface area contributed by atoms with Crippen molar-refractivity contribution in [2.75, 3.05) is 37.7 Å². The third-order valence-electron chi connectivity index (χ3n) is 2.80. The molecule has 0 aromatic rings. The minimum absolute atomic E-state index is 0.347. The summed E-state index contributed by atoms with van der Waals surface area (Å²) in [6.07, 6.45) is 4.16. The molecule has 0 aromatic carbocycles.